The van der Waals surface area contributed by atoms with Gasteiger partial charge in [-0.25, -0.2) is 0 Å². The predicted octanol–water partition coefficient (Wildman–Crippen LogP) is 0.716. The number of hydrogen-bond acceptors (Lipinski definition) is 3. The number of piperidine rings is 1. The molecule has 0 aromatic carbocycles. The van der Waals surface area contributed by atoms with Crippen LogP contribution in [-0.2, 0) is 9.59 Å². The minimum atomic E-state index is 0.105. The first-order valence-electron chi connectivity index (χ1n) is 7.98. The fourth-order valence-corrected chi connectivity index (χ4v) is 3.51. The Morgan fingerprint density at radius 2 is 1.86 bits per heavy atom. The number of likely N-dealkylation sites (N-methyl/N-ethyl adjacent to an activating group) is 1. The maximum atomic E-state index is 12.3. The smallest absolute Gasteiger partial charge is 0.246 e. The van der Waals surface area contributed by atoms with Crippen molar-refractivity contribution in [1.29, 1.82) is 0 Å². The second-order valence-electron chi connectivity index (χ2n) is 6.82. The molecule has 0 radical (unpaired) electrons. The van der Waals surface area contributed by atoms with Crippen molar-refractivity contribution < 1.29 is 9.59 Å². The predicted molar refractivity (Wildman–Crippen MR) is 80.7 cm³/mol. The molecule has 0 spiro atoms. The number of amides is 2. The molecular formula is C16H25N3O2. The van der Waals surface area contributed by atoms with Crippen LogP contribution in [0.4, 0.5) is 0 Å². The largest absolute Gasteiger partial charge is 0.338 e. The molecule has 3 saturated heterocycles. The molecule has 1 saturated carbocycles. The normalized spacial score (nSPS) is 28.7. The minimum absolute atomic E-state index is 0.105. The van der Waals surface area contributed by atoms with Gasteiger partial charge in [0.2, 0.25) is 11.8 Å². The average molecular weight is 291 g/mol. The van der Waals surface area contributed by atoms with Crippen molar-refractivity contribution >= 4 is 11.8 Å². The summed E-state index contributed by atoms with van der Waals surface area (Å²) in [5, 5.41) is 0. The molecule has 0 N–H and O–H groups in total. The van der Waals surface area contributed by atoms with Gasteiger partial charge in [0.15, 0.2) is 0 Å². The Morgan fingerprint density at radius 1 is 1.19 bits per heavy atom. The third-order valence-corrected chi connectivity index (χ3v) is 4.94. The van der Waals surface area contributed by atoms with E-state index in [4.69, 9.17) is 0 Å². The van der Waals surface area contributed by atoms with Crippen LogP contribution in [0, 0.1) is 5.92 Å². The van der Waals surface area contributed by atoms with Gasteiger partial charge in [-0.05, 0) is 33.4 Å². The standard InChI is InChI=1S/C16H25N3O2/c1-17(2)8-4-7-15(20)19-13-9-14(19)11-18(10-13)16(21)12-5-3-6-12/h4,7,12-14H,3,5-6,8-11H2,1-2H3/b7-4+. The third kappa shape index (κ3) is 2.84. The average Bonchev–Trinajstić information content (AvgIpc) is 2.36. The van der Waals surface area contributed by atoms with Crippen molar-refractivity contribution in [2.24, 2.45) is 5.92 Å². The van der Waals surface area contributed by atoms with Crippen molar-refractivity contribution in [2.45, 2.75) is 37.8 Å². The Kier molecular flexibility index (Phi) is 4.02. The van der Waals surface area contributed by atoms with E-state index in [1.54, 1.807) is 6.08 Å². The van der Waals surface area contributed by atoms with Gasteiger partial charge in [0.05, 0.1) is 12.1 Å². The quantitative estimate of drug-likeness (QED) is 0.717. The number of hydrogen-bond donors (Lipinski definition) is 0. The number of nitrogens with zero attached hydrogens (tertiary/aromatic N) is 3. The fraction of sp³-hybridized carbons (Fsp3) is 0.750. The van der Waals surface area contributed by atoms with E-state index in [0.717, 1.165) is 38.9 Å². The second-order valence-corrected chi connectivity index (χ2v) is 6.82. The number of rotatable bonds is 4. The van der Waals surface area contributed by atoms with Gasteiger partial charge in [-0.2, -0.15) is 0 Å². The number of fused-ring (bicyclic) bond motifs is 2. The van der Waals surface area contributed by atoms with Gasteiger partial charge in [0.1, 0.15) is 0 Å². The van der Waals surface area contributed by atoms with Crippen molar-refractivity contribution in [3.8, 4) is 0 Å². The van der Waals surface area contributed by atoms with E-state index < -0.39 is 0 Å². The molecule has 1 aliphatic carbocycles. The van der Waals surface area contributed by atoms with Crippen LogP contribution < -0.4 is 0 Å². The van der Waals surface area contributed by atoms with Crippen LogP contribution in [0.3, 0.4) is 0 Å². The van der Waals surface area contributed by atoms with Gasteiger partial charge in [-0.15, -0.1) is 0 Å². The van der Waals surface area contributed by atoms with Crippen LogP contribution in [0.5, 0.6) is 0 Å². The highest BCUT2D eigenvalue weighted by atomic mass is 16.2. The lowest BCUT2D eigenvalue weighted by atomic mass is 9.81. The molecule has 0 aromatic heterocycles. The SMILES string of the molecule is CN(C)C/C=C/C(=O)N1C2CC1CN(C(=O)C1CCC1)C2. The monoisotopic (exact) mass is 291 g/mol. The van der Waals surface area contributed by atoms with Crippen molar-refractivity contribution in [3.63, 3.8) is 0 Å². The van der Waals surface area contributed by atoms with E-state index in [1.165, 1.54) is 6.42 Å². The van der Waals surface area contributed by atoms with E-state index in [1.807, 2.05) is 34.9 Å². The summed E-state index contributed by atoms with van der Waals surface area (Å²) in [6.07, 6.45) is 7.96. The van der Waals surface area contributed by atoms with Gasteiger partial charge in [-0.3, -0.25) is 9.59 Å². The lowest BCUT2D eigenvalue weighted by Gasteiger charge is -2.56. The number of carbonyl (C=O) groups excluding carboxylic acids is 2. The first-order valence-corrected chi connectivity index (χ1v) is 7.98. The third-order valence-electron chi connectivity index (χ3n) is 4.94. The Hall–Kier alpha value is -1.36. The topological polar surface area (TPSA) is 43.9 Å². The molecule has 4 rings (SSSR count). The van der Waals surface area contributed by atoms with E-state index in [9.17, 15) is 9.59 Å². The van der Waals surface area contributed by atoms with E-state index in [0.29, 0.717) is 5.91 Å². The van der Waals surface area contributed by atoms with Gasteiger partial charge < -0.3 is 14.7 Å². The highest BCUT2D eigenvalue weighted by molar-refractivity contribution is 5.89. The molecule has 2 amide bonds. The van der Waals surface area contributed by atoms with Crippen molar-refractivity contribution in [3.05, 3.63) is 12.2 Å². The summed E-state index contributed by atoms with van der Waals surface area (Å²) in [5.74, 6) is 0.701. The summed E-state index contributed by atoms with van der Waals surface area (Å²) < 4.78 is 0. The maximum Gasteiger partial charge on any atom is 0.246 e. The molecule has 3 aliphatic heterocycles. The molecule has 5 heteroatoms. The van der Waals surface area contributed by atoms with Gasteiger partial charge >= 0.3 is 0 Å². The lowest BCUT2D eigenvalue weighted by molar-refractivity contribution is -0.160. The second kappa shape index (κ2) is 5.79. The Balaban J connectivity index is 1.52. The summed E-state index contributed by atoms with van der Waals surface area (Å²) in [6.45, 7) is 2.25. The molecule has 3 heterocycles. The molecular weight excluding hydrogens is 266 g/mol. The zero-order valence-corrected chi connectivity index (χ0v) is 13.0. The van der Waals surface area contributed by atoms with Crippen LogP contribution in [0.2, 0.25) is 0 Å². The van der Waals surface area contributed by atoms with Crippen molar-refractivity contribution in [1.82, 2.24) is 14.7 Å². The van der Waals surface area contributed by atoms with Crippen LogP contribution in [0.25, 0.3) is 0 Å². The molecule has 0 aromatic rings. The summed E-state index contributed by atoms with van der Waals surface area (Å²) in [6, 6.07) is 0.480. The zero-order chi connectivity index (χ0) is 15.0. The van der Waals surface area contributed by atoms with Crippen LogP contribution in [0.1, 0.15) is 25.7 Å². The molecule has 4 aliphatic rings. The first-order chi connectivity index (χ1) is 10.1. The van der Waals surface area contributed by atoms with Crippen LogP contribution >= 0.6 is 0 Å². The highest BCUT2D eigenvalue weighted by Crippen LogP contribution is 2.35. The van der Waals surface area contributed by atoms with Gasteiger partial charge in [0.25, 0.3) is 0 Å². The number of carbonyl (C=O) groups is 2. The van der Waals surface area contributed by atoms with Crippen molar-refractivity contribution in [2.75, 3.05) is 33.7 Å². The van der Waals surface area contributed by atoms with E-state index in [-0.39, 0.29) is 23.9 Å². The maximum absolute atomic E-state index is 12.3. The van der Waals surface area contributed by atoms with Crippen LogP contribution in [-0.4, -0.2) is 72.3 Å². The van der Waals surface area contributed by atoms with E-state index >= 15 is 0 Å². The highest BCUT2D eigenvalue weighted by Gasteiger charge is 2.48. The zero-order valence-electron chi connectivity index (χ0n) is 13.0. The number of piperazine rings is 1. The van der Waals surface area contributed by atoms with Gasteiger partial charge in [0, 0.05) is 31.6 Å². The Bertz CT molecular complexity index is 444. The Morgan fingerprint density at radius 3 is 2.38 bits per heavy atom. The molecule has 5 nitrogen and oxygen atoms in total. The summed E-state index contributed by atoms with van der Waals surface area (Å²) >= 11 is 0. The summed E-state index contributed by atoms with van der Waals surface area (Å²) in [4.78, 5) is 30.5. The minimum Gasteiger partial charge on any atom is -0.338 e. The van der Waals surface area contributed by atoms with E-state index in [2.05, 4.69) is 0 Å². The summed E-state index contributed by atoms with van der Waals surface area (Å²) in [5.41, 5.74) is 0. The van der Waals surface area contributed by atoms with Crippen LogP contribution in [0.15, 0.2) is 12.2 Å². The first kappa shape index (κ1) is 14.6. The molecule has 2 atom stereocenters. The fourth-order valence-electron chi connectivity index (χ4n) is 3.51. The molecule has 21 heavy (non-hydrogen) atoms. The molecule has 2 bridgehead atoms. The molecule has 116 valence electrons. The molecule has 2 unspecified atom stereocenters. The molecule has 4 fully saturated rings. The van der Waals surface area contributed by atoms with Gasteiger partial charge in [-0.1, -0.05) is 12.5 Å². The summed E-state index contributed by atoms with van der Waals surface area (Å²) in [7, 11) is 3.97. The lowest BCUT2D eigenvalue weighted by Crippen LogP contribution is -2.71. The Labute approximate surface area is 126 Å².